The molecule has 1 amide bonds. The van der Waals surface area contributed by atoms with Crippen molar-refractivity contribution in [1.29, 1.82) is 0 Å². The maximum Gasteiger partial charge on any atom is 0.405 e. The number of carbonyl (C=O) groups excluding carboxylic acids is 1. The third kappa shape index (κ3) is 6.81. The molecule has 3 aliphatic rings. The quantitative estimate of drug-likeness (QED) is 0.396. The van der Waals surface area contributed by atoms with Gasteiger partial charge >= 0.3 is 6.18 Å². The molecule has 7 nitrogen and oxygen atoms in total. The number of guanidine groups is 1. The van der Waals surface area contributed by atoms with Crippen molar-refractivity contribution in [2.75, 3.05) is 13.7 Å². The van der Waals surface area contributed by atoms with Crippen LogP contribution in [0.5, 0.6) is 0 Å². The van der Waals surface area contributed by atoms with Gasteiger partial charge in [0.25, 0.3) is 0 Å². The molecule has 30 heavy (non-hydrogen) atoms. The maximum atomic E-state index is 12.9. The van der Waals surface area contributed by atoms with Crippen LogP contribution in [0.25, 0.3) is 0 Å². The van der Waals surface area contributed by atoms with Crippen LogP contribution in [-0.4, -0.2) is 50.0 Å². The van der Waals surface area contributed by atoms with Crippen LogP contribution in [-0.2, 0) is 9.53 Å². The van der Waals surface area contributed by atoms with E-state index < -0.39 is 18.4 Å². The highest BCUT2D eigenvalue weighted by atomic mass is 19.4. The number of nitrogens with one attached hydrogen (secondary N) is 4. The summed E-state index contributed by atoms with van der Waals surface area (Å²) in [7, 11) is 1.73. The predicted octanol–water partition coefficient (Wildman–Crippen LogP) is 2.59. The van der Waals surface area contributed by atoms with Gasteiger partial charge in [-0.3, -0.25) is 15.1 Å². The van der Waals surface area contributed by atoms with Crippen molar-refractivity contribution < 1.29 is 22.7 Å². The number of alkyl halides is 3. The van der Waals surface area contributed by atoms with Gasteiger partial charge in [0.05, 0.1) is 12.3 Å². The van der Waals surface area contributed by atoms with Gasteiger partial charge in [0.15, 0.2) is 5.96 Å². The molecule has 3 rings (SSSR count). The zero-order valence-corrected chi connectivity index (χ0v) is 17.6. The molecule has 2 aliphatic carbocycles. The Bertz CT molecular complexity index is 587. The predicted molar refractivity (Wildman–Crippen MR) is 107 cm³/mol. The van der Waals surface area contributed by atoms with E-state index in [1.807, 2.05) is 0 Å². The van der Waals surface area contributed by atoms with Crippen LogP contribution in [0.3, 0.4) is 0 Å². The fourth-order valence-electron chi connectivity index (χ4n) is 4.51. The van der Waals surface area contributed by atoms with Gasteiger partial charge in [-0.15, -0.1) is 0 Å². The lowest BCUT2D eigenvalue weighted by atomic mass is 9.87. The molecule has 0 aromatic rings. The minimum atomic E-state index is -4.33. The zero-order valence-electron chi connectivity index (χ0n) is 17.6. The number of hydrazine groups is 1. The molecule has 0 bridgehead atoms. The molecular weight excluding hydrogens is 399 g/mol. The molecule has 1 heterocycles. The number of halogens is 3. The minimum absolute atomic E-state index is 0.0551. The van der Waals surface area contributed by atoms with E-state index >= 15 is 0 Å². The normalized spacial score (nSPS) is 31.5. The third-order valence-electron chi connectivity index (χ3n) is 6.46. The summed E-state index contributed by atoms with van der Waals surface area (Å²) in [4.78, 5) is 17.2. The Morgan fingerprint density at radius 3 is 2.37 bits per heavy atom. The third-order valence-corrected chi connectivity index (χ3v) is 6.46. The molecule has 2 unspecified atom stereocenters. The van der Waals surface area contributed by atoms with Gasteiger partial charge < -0.3 is 10.1 Å². The number of nitrogens with zero attached hydrogens (tertiary/aromatic N) is 1. The first-order valence-electron chi connectivity index (χ1n) is 11.1. The molecule has 3 fully saturated rings. The van der Waals surface area contributed by atoms with Crippen molar-refractivity contribution in [3.05, 3.63) is 0 Å². The van der Waals surface area contributed by atoms with Crippen molar-refractivity contribution in [1.82, 2.24) is 21.5 Å². The number of ether oxygens (including phenoxy) is 1. The van der Waals surface area contributed by atoms with Gasteiger partial charge in [-0.05, 0) is 44.4 Å². The maximum absolute atomic E-state index is 12.9. The average molecular weight is 434 g/mol. The van der Waals surface area contributed by atoms with Gasteiger partial charge in [-0.25, -0.2) is 10.9 Å². The smallest absolute Gasteiger partial charge is 0.381 e. The fraction of sp³-hybridized carbons (Fsp3) is 0.900. The Morgan fingerprint density at radius 1 is 1.07 bits per heavy atom. The molecule has 2 atom stereocenters. The first-order valence-corrected chi connectivity index (χ1v) is 11.1. The minimum Gasteiger partial charge on any atom is -0.381 e. The number of amides is 1. The Balaban J connectivity index is 1.58. The molecule has 4 N–H and O–H groups in total. The fourth-order valence-corrected chi connectivity index (χ4v) is 4.51. The van der Waals surface area contributed by atoms with Crippen LogP contribution in [0, 0.1) is 11.8 Å². The largest absolute Gasteiger partial charge is 0.405 e. The highest BCUT2D eigenvalue weighted by Crippen LogP contribution is 2.27. The molecule has 0 aromatic carbocycles. The van der Waals surface area contributed by atoms with Crippen LogP contribution in [0.4, 0.5) is 13.2 Å². The van der Waals surface area contributed by atoms with E-state index in [-0.39, 0.29) is 24.2 Å². The Kier molecular flexibility index (Phi) is 8.35. The average Bonchev–Trinajstić information content (AvgIpc) is 3.22. The summed E-state index contributed by atoms with van der Waals surface area (Å²) in [5.74, 6) is 0.502. The molecule has 0 radical (unpaired) electrons. The second kappa shape index (κ2) is 10.8. The SMILES string of the molecule is COC1CCC(CN=C(NC(=O)C2CCCCC2)NC2CC(C(F)(F)F)NN2)CC1. The topological polar surface area (TPSA) is 86.8 Å². The molecule has 1 aliphatic heterocycles. The Hall–Kier alpha value is -1.39. The van der Waals surface area contributed by atoms with E-state index in [4.69, 9.17) is 4.74 Å². The van der Waals surface area contributed by atoms with E-state index in [0.29, 0.717) is 18.6 Å². The molecule has 2 saturated carbocycles. The first kappa shape index (κ1) is 23.3. The van der Waals surface area contributed by atoms with Gasteiger partial charge in [0, 0.05) is 26.0 Å². The summed E-state index contributed by atoms with van der Waals surface area (Å²) >= 11 is 0. The summed E-state index contributed by atoms with van der Waals surface area (Å²) in [6.07, 6.45) is 3.97. The lowest BCUT2D eigenvalue weighted by Crippen LogP contribution is -2.52. The van der Waals surface area contributed by atoms with Crippen molar-refractivity contribution in [2.24, 2.45) is 16.8 Å². The first-order chi connectivity index (χ1) is 14.3. The number of hydrogen-bond donors (Lipinski definition) is 4. The van der Waals surface area contributed by atoms with E-state index in [2.05, 4.69) is 26.5 Å². The van der Waals surface area contributed by atoms with E-state index in [1.54, 1.807) is 7.11 Å². The molecule has 0 aromatic heterocycles. The molecule has 10 heteroatoms. The van der Waals surface area contributed by atoms with Gasteiger partial charge in [-0.1, -0.05) is 19.3 Å². The van der Waals surface area contributed by atoms with E-state index in [9.17, 15) is 18.0 Å². The summed E-state index contributed by atoms with van der Waals surface area (Å²) in [6, 6.07) is -1.63. The van der Waals surface area contributed by atoms with Crippen LogP contribution in [0.1, 0.15) is 64.2 Å². The van der Waals surface area contributed by atoms with Crippen LogP contribution in [0.15, 0.2) is 4.99 Å². The molecule has 172 valence electrons. The standard InChI is InChI=1S/C20H34F3N5O2/c1-30-15-9-7-13(8-10-15)12-24-19(26-18(29)14-5-3-2-4-6-14)25-17-11-16(27-28-17)20(21,22)23/h13-17,27-28H,2-12H2,1H3,(H2,24,25,26,29). The zero-order chi connectivity index (χ0) is 21.6. The Labute approximate surface area is 175 Å². The van der Waals surface area contributed by atoms with Gasteiger partial charge in [0.1, 0.15) is 6.04 Å². The summed E-state index contributed by atoms with van der Waals surface area (Å²) in [5, 5.41) is 5.82. The number of rotatable bonds is 5. The highest BCUT2D eigenvalue weighted by Gasteiger charge is 2.44. The summed E-state index contributed by atoms with van der Waals surface area (Å²) in [5.41, 5.74) is 4.88. The van der Waals surface area contributed by atoms with Crippen LogP contribution >= 0.6 is 0 Å². The van der Waals surface area contributed by atoms with Crippen molar-refractivity contribution in [3.8, 4) is 0 Å². The van der Waals surface area contributed by atoms with Crippen molar-refractivity contribution >= 4 is 11.9 Å². The number of aliphatic imine (C=N–C) groups is 1. The number of carbonyl (C=O) groups is 1. The van der Waals surface area contributed by atoms with Crippen LogP contribution < -0.4 is 21.5 Å². The van der Waals surface area contributed by atoms with E-state index in [0.717, 1.165) is 57.8 Å². The Morgan fingerprint density at radius 2 is 1.77 bits per heavy atom. The van der Waals surface area contributed by atoms with E-state index in [1.165, 1.54) is 0 Å². The summed E-state index contributed by atoms with van der Waals surface area (Å²) in [6.45, 7) is 0.534. The van der Waals surface area contributed by atoms with Crippen molar-refractivity contribution in [2.45, 2.75) is 88.7 Å². The second-order valence-corrected chi connectivity index (χ2v) is 8.71. The second-order valence-electron chi connectivity index (χ2n) is 8.71. The van der Waals surface area contributed by atoms with Crippen molar-refractivity contribution in [3.63, 3.8) is 0 Å². The van der Waals surface area contributed by atoms with Crippen LogP contribution in [0.2, 0.25) is 0 Å². The number of methoxy groups -OCH3 is 1. The molecule has 0 spiro atoms. The van der Waals surface area contributed by atoms with Gasteiger partial charge in [0.2, 0.25) is 5.91 Å². The summed E-state index contributed by atoms with van der Waals surface area (Å²) < 4.78 is 44.2. The monoisotopic (exact) mass is 433 g/mol. The molecule has 1 saturated heterocycles. The molecular formula is C20H34F3N5O2. The lowest BCUT2D eigenvalue weighted by Gasteiger charge is -2.27. The van der Waals surface area contributed by atoms with Gasteiger partial charge in [-0.2, -0.15) is 13.2 Å². The number of hydrogen-bond acceptors (Lipinski definition) is 5. The highest BCUT2D eigenvalue weighted by molar-refractivity contribution is 5.98. The lowest BCUT2D eigenvalue weighted by molar-refractivity contribution is -0.153.